The van der Waals surface area contributed by atoms with E-state index in [0.29, 0.717) is 48.8 Å². The highest BCUT2D eigenvalue weighted by atomic mass is 19.4. The summed E-state index contributed by atoms with van der Waals surface area (Å²) in [6.45, 7) is 1.48. The van der Waals surface area contributed by atoms with Crippen molar-refractivity contribution < 1.29 is 22.6 Å². The van der Waals surface area contributed by atoms with Crippen LogP contribution in [0.15, 0.2) is 36.4 Å². The van der Waals surface area contributed by atoms with Gasteiger partial charge in [0.15, 0.2) is 11.5 Å². The molecule has 0 aliphatic carbocycles. The third-order valence-electron chi connectivity index (χ3n) is 4.96. The molecule has 0 radical (unpaired) electrons. The molecule has 0 atom stereocenters. The Kier molecular flexibility index (Phi) is 4.93. The van der Waals surface area contributed by atoms with Gasteiger partial charge in [0.25, 0.3) is 0 Å². The van der Waals surface area contributed by atoms with E-state index in [1.165, 1.54) is 6.07 Å². The zero-order valence-corrected chi connectivity index (χ0v) is 15.2. The predicted octanol–water partition coefficient (Wildman–Crippen LogP) is 4.91. The molecule has 7 heteroatoms. The zero-order valence-electron chi connectivity index (χ0n) is 15.2. The fraction of sp³-hybridized carbons (Fsp3) is 0.333. The second-order valence-corrected chi connectivity index (χ2v) is 6.81. The van der Waals surface area contributed by atoms with Crippen molar-refractivity contribution in [2.75, 3.05) is 19.8 Å². The number of aryl methyl sites for hydroxylation is 1. The summed E-state index contributed by atoms with van der Waals surface area (Å²) >= 11 is 0. The van der Waals surface area contributed by atoms with E-state index in [0.717, 1.165) is 30.0 Å². The number of rotatable bonds is 5. The molecule has 1 aliphatic heterocycles. The second-order valence-electron chi connectivity index (χ2n) is 6.81. The molecule has 3 aromatic rings. The Morgan fingerprint density at radius 2 is 1.79 bits per heavy atom. The fourth-order valence-electron chi connectivity index (χ4n) is 3.66. The van der Waals surface area contributed by atoms with Crippen LogP contribution in [0, 0.1) is 0 Å². The van der Waals surface area contributed by atoms with Crippen LogP contribution in [0.4, 0.5) is 13.2 Å². The van der Waals surface area contributed by atoms with Crippen LogP contribution in [0.25, 0.3) is 22.2 Å². The Labute approximate surface area is 160 Å². The van der Waals surface area contributed by atoms with Gasteiger partial charge in [-0.2, -0.15) is 13.2 Å². The van der Waals surface area contributed by atoms with E-state index in [1.54, 1.807) is 12.1 Å². The van der Waals surface area contributed by atoms with Crippen molar-refractivity contribution in [2.24, 2.45) is 5.73 Å². The summed E-state index contributed by atoms with van der Waals surface area (Å²) in [5, 5.41) is 0.594. The molecule has 2 aromatic carbocycles. The number of alkyl halides is 3. The minimum atomic E-state index is -4.43. The average molecular weight is 390 g/mol. The van der Waals surface area contributed by atoms with E-state index in [9.17, 15) is 13.2 Å². The van der Waals surface area contributed by atoms with Gasteiger partial charge in [0, 0.05) is 16.6 Å². The second kappa shape index (κ2) is 7.39. The fourth-order valence-corrected chi connectivity index (χ4v) is 3.66. The number of ether oxygens (including phenoxy) is 2. The van der Waals surface area contributed by atoms with Crippen LogP contribution in [0.2, 0.25) is 0 Å². The van der Waals surface area contributed by atoms with Gasteiger partial charge in [-0.25, -0.2) is 0 Å². The molecular weight excluding hydrogens is 369 g/mol. The molecular formula is C21H21F3N2O2. The van der Waals surface area contributed by atoms with Crippen LogP contribution in [0.3, 0.4) is 0 Å². The monoisotopic (exact) mass is 390 g/mol. The van der Waals surface area contributed by atoms with Crippen molar-refractivity contribution in [1.82, 2.24) is 4.98 Å². The number of unbranched alkanes of at least 4 members (excludes halogenated alkanes) is 1. The summed E-state index contributed by atoms with van der Waals surface area (Å²) in [6.07, 6.45) is -2.17. The lowest BCUT2D eigenvalue weighted by atomic mass is 9.99. The van der Waals surface area contributed by atoms with E-state index in [1.807, 2.05) is 12.1 Å². The molecule has 1 aromatic heterocycles. The largest absolute Gasteiger partial charge is 0.486 e. The molecule has 28 heavy (non-hydrogen) atoms. The van der Waals surface area contributed by atoms with Crippen LogP contribution in [-0.2, 0) is 12.6 Å². The lowest BCUT2D eigenvalue weighted by Gasteiger charge is -2.19. The molecule has 4 nitrogen and oxygen atoms in total. The first kappa shape index (κ1) is 18.7. The van der Waals surface area contributed by atoms with E-state index < -0.39 is 11.7 Å². The van der Waals surface area contributed by atoms with Crippen LogP contribution in [0.1, 0.15) is 24.0 Å². The lowest BCUT2D eigenvalue weighted by molar-refractivity contribution is -0.136. The van der Waals surface area contributed by atoms with Gasteiger partial charge in [0.2, 0.25) is 0 Å². The van der Waals surface area contributed by atoms with Crippen molar-refractivity contribution >= 4 is 10.9 Å². The first-order valence-electron chi connectivity index (χ1n) is 9.30. The SMILES string of the molecule is NCCCCc1c(-c2ccc3c(c2)OCCO3)[nH]c2c(C(F)(F)F)cccc12. The summed E-state index contributed by atoms with van der Waals surface area (Å²) < 4.78 is 51.7. The van der Waals surface area contributed by atoms with E-state index in [-0.39, 0.29) is 5.52 Å². The third kappa shape index (κ3) is 3.42. The number of aromatic amines is 1. The maximum atomic E-state index is 13.5. The molecule has 0 fully saturated rings. The zero-order chi connectivity index (χ0) is 19.7. The summed E-state index contributed by atoms with van der Waals surface area (Å²) in [5.74, 6) is 1.25. The Morgan fingerprint density at radius 1 is 1.00 bits per heavy atom. The van der Waals surface area contributed by atoms with Gasteiger partial charge in [-0.15, -0.1) is 0 Å². The predicted molar refractivity (Wildman–Crippen MR) is 102 cm³/mol. The third-order valence-corrected chi connectivity index (χ3v) is 4.96. The number of aromatic nitrogens is 1. The molecule has 148 valence electrons. The van der Waals surface area contributed by atoms with Crippen molar-refractivity contribution in [1.29, 1.82) is 0 Å². The quantitative estimate of drug-likeness (QED) is 0.609. The molecule has 0 unspecified atom stereocenters. The number of hydrogen-bond acceptors (Lipinski definition) is 3. The molecule has 0 saturated carbocycles. The van der Waals surface area contributed by atoms with Crippen LogP contribution in [0.5, 0.6) is 11.5 Å². The van der Waals surface area contributed by atoms with Gasteiger partial charge in [-0.3, -0.25) is 0 Å². The molecule has 4 rings (SSSR count). The summed E-state index contributed by atoms with van der Waals surface area (Å²) in [7, 11) is 0. The maximum Gasteiger partial charge on any atom is 0.418 e. The standard InChI is InChI=1S/C21H21F3N2O2/c22-21(23,24)16-6-3-5-15-14(4-1-2-9-25)19(26-20(15)16)13-7-8-17-18(12-13)28-11-10-27-17/h3,5-8,12,26H,1-2,4,9-11,25H2. The average Bonchev–Trinajstić information content (AvgIpc) is 3.05. The Morgan fingerprint density at radius 3 is 2.54 bits per heavy atom. The highest BCUT2D eigenvalue weighted by molar-refractivity contribution is 5.93. The number of nitrogens with two attached hydrogens (primary N) is 1. The molecule has 1 aliphatic rings. The van der Waals surface area contributed by atoms with E-state index >= 15 is 0 Å². The van der Waals surface area contributed by atoms with Gasteiger partial charge in [-0.05, 0) is 55.6 Å². The normalized spacial score (nSPS) is 13.9. The molecule has 0 bridgehead atoms. The number of benzene rings is 2. The van der Waals surface area contributed by atoms with Gasteiger partial charge in [-0.1, -0.05) is 12.1 Å². The van der Waals surface area contributed by atoms with Gasteiger partial charge in [0.1, 0.15) is 13.2 Å². The molecule has 0 amide bonds. The number of H-pyrrole nitrogens is 1. The maximum absolute atomic E-state index is 13.5. The van der Waals surface area contributed by atoms with Crippen molar-refractivity contribution in [3.63, 3.8) is 0 Å². The van der Waals surface area contributed by atoms with Crippen LogP contribution >= 0.6 is 0 Å². The van der Waals surface area contributed by atoms with Gasteiger partial charge < -0.3 is 20.2 Å². The van der Waals surface area contributed by atoms with Crippen molar-refractivity contribution in [3.05, 3.63) is 47.5 Å². The minimum absolute atomic E-state index is 0.114. The van der Waals surface area contributed by atoms with Gasteiger partial charge >= 0.3 is 6.18 Å². The number of halogens is 3. The smallest absolute Gasteiger partial charge is 0.418 e. The van der Waals surface area contributed by atoms with E-state index in [4.69, 9.17) is 15.2 Å². The first-order valence-corrected chi connectivity index (χ1v) is 9.30. The number of hydrogen-bond donors (Lipinski definition) is 2. The molecule has 0 spiro atoms. The Bertz CT molecular complexity index is 995. The van der Waals surface area contributed by atoms with Crippen LogP contribution in [-0.4, -0.2) is 24.7 Å². The lowest BCUT2D eigenvalue weighted by Crippen LogP contribution is -2.15. The first-order chi connectivity index (χ1) is 13.5. The van der Waals surface area contributed by atoms with Crippen molar-refractivity contribution in [2.45, 2.75) is 25.4 Å². The van der Waals surface area contributed by atoms with Crippen LogP contribution < -0.4 is 15.2 Å². The summed E-state index contributed by atoms with van der Waals surface area (Å²) in [4.78, 5) is 3.04. The molecule has 0 saturated heterocycles. The number of nitrogens with one attached hydrogen (secondary N) is 1. The summed E-state index contributed by atoms with van der Waals surface area (Å²) in [6, 6.07) is 9.76. The highest BCUT2D eigenvalue weighted by Gasteiger charge is 2.34. The summed E-state index contributed by atoms with van der Waals surface area (Å²) in [5.41, 5.74) is 7.38. The highest BCUT2D eigenvalue weighted by Crippen LogP contribution is 2.41. The molecule has 3 N–H and O–H groups in total. The topological polar surface area (TPSA) is 60.3 Å². The molecule has 2 heterocycles. The van der Waals surface area contributed by atoms with Gasteiger partial charge in [0.05, 0.1) is 11.1 Å². The van der Waals surface area contributed by atoms with Crippen molar-refractivity contribution in [3.8, 4) is 22.8 Å². The minimum Gasteiger partial charge on any atom is -0.486 e. The Balaban J connectivity index is 1.87. The number of fused-ring (bicyclic) bond motifs is 2. The Hall–Kier alpha value is -2.67. The van der Waals surface area contributed by atoms with E-state index in [2.05, 4.69) is 4.98 Å². The number of para-hydroxylation sites is 1.